The number of rotatable bonds is 2. The summed E-state index contributed by atoms with van der Waals surface area (Å²) in [4.78, 5) is 14.5. The summed E-state index contributed by atoms with van der Waals surface area (Å²) in [5.41, 5.74) is 2.06. The fourth-order valence-electron chi connectivity index (χ4n) is 2.46. The van der Waals surface area contributed by atoms with Crippen molar-refractivity contribution in [3.63, 3.8) is 0 Å². The van der Waals surface area contributed by atoms with Crippen LogP contribution in [0.15, 0.2) is 24.3 Å². The molecule has 1 heterocycles. The Balaban J connectivity index is 2.23. The minimum Gasteiger partial charge on any atom is -0.339 e. The quantitative estimate of drug-likeness (QED) is 0.763. The number of carbonyl (C=O) groups excluding carboxylic acids is 1. The summed E-state index contributed by atoms with van der Waals surface area (Å²) in [6.45, 7) is 6.13. The molecular weight excluding hydrogens is 210 g/mol. The Morgan fingerprint density at radius 3 is 2.41 bits per heavy atom. The topological polar surface area (TPSA) is 20.3 Å². The van der Waals surface area contributed by atoms with Gasteiger partial charge in [-0.1, -0.05) is 32.0 Å². The lowest BCUT2D eigenvalue weighted by Crippen LogP contribution is -2.36. The van der Waals surface area contributed by atoms with Gasteiger partial charge in [0.15, 0.2) is 0 Å². The lowest BCUT2D eigenvalue weighted by Gasteiger charge is -2.28. The van der Waals surface area contributed by atoms with E-state index in [2.05, 4.69) is 19.9 Å². The van der Waals surface area contributed by atoms with Gasteiger partial charge in [0, 0.05) is 18.7 Å². The molecule has 17 heavy (non-hydrogen) atoms. The number of hydrogen-bond donors (Lipinski definition) is 0. The molecule has 2 rings (SSSR count). The number of likely N-dealkylation sites (tertiary alicyclic amines) is 1. The van der Waals surface area contributed by atoms with Gasteiger partial charge in [0.25, 0.3) is 5.91 Å². The van der Waals surface area contributed by atoms with Crippen LogP contribution in [-0.4, -0.2) is 23.9 Å². The van der Waals surface area contributed by atoms with Gasteiger partial charge in [-0.15, -0.1) is 0 Å². The Morgan fingerprint density at radius 2 is 1.76 bits per heavy atom. The van der Waals surface area contributed by atoms with E-state index in [0.29, 0.717) is 5.92 Å². The lowest BCUT2D eigenvalue weighted by atomic mass is 9.96. The SMILES string of the molecule is CC(C)c1ccccc1C(=O)N1CCCCC1. The zero-order valence-electron chi connectivity index (χ0n) is 10.8. The van der Waals surface area contributed by atoms with Crippen LogP contribution in [0.4, 0.5) is 0 Å². The van der Waals surface area contributed by atoms with Crippen molar-refractivity contribution in [2.75, 3.05) is 13.1 Å². The van der Waals surface area contributed by atoms with Crippen LogP contribution in [-0.2, 0) is 0 Å². The number of carbonyl (C=O) groups is 1. The molecule has 0 aromatic heterocycles. The van der Waals surface area contributed by atoms with Gasteiger partial charge >= 0.3 is 0 Å². The van der Waals surface area contributed by atoms with Crippen LogP contribution in [0.3, 0.4) is 0 Å². The van der Waals surface area contributed by atoms with Crippen LogP contribution in [0.5, 0.6) is 0 Å². The van der Waals surface area contributed by atoms with Crippen molar-refractivity contribution in [3.05, 3.63) is 35.4 Å². The first-order valence-electron chi connectivity index (χ1n) is 6.58. The van der Waals surface area contributed by atoms with Crippen LogP contribution < -0.4 is 0 Å². The molecule has 92 valence electrons. The number of amides is 1. The highest BCUT2D eigenvalue weighted by Crippen LogP contribution is 2.22. The standard InChI is InChI=1S/C15H21NO/c1-12(2)13-8-4-5-9-14(13)15(17)16-10-6-3-7-11-16/h4-5,8-9,12H,3,6-7,10-11H2,1-2H3. The summed E-state index contributed by atoms with van der Waals surface area (Å²) in [6, 6.07) is 8.01. The molecule has 0 bridgehead atoms. The van der Waals surface area contributed by atoms with E-state index in [1.807, 2.05) is 23.1 Å². The third-order valence-electron chi connectivity index (χ3n) is 3.46. The van der Waals surface area contributed by atoms with E-state index in [1.165, 1.54) is 12.0 Å². The van der Waals surface area contributed by atoms with E-state index in [9.17, 15) is 4.79 Å². The highest BCUT2D eigenvalue weighted by molar-refractivity contribution is 5.95. The molecule has 2 heteroatoms. The molecular formula is C15H21NO. The van der Waals surface area contributed by atoms with Crippen molar-refractivity contribution < 1.29 is 4.79 Å². The van der Waals surface area contributed by atoms with E-state index in [4.69, 9.17) is 0 Å². The average Bonchev–Trinajstić information content (AvgIpc) is 2.39. The maximum absolute atomic E-state index is 12.5. The van der Waals surface area contributed by atoms with Crippen LogP contribution in [0, 0.1) is 0 Å². The van der Waals surface area contributed by atoms with E-state index >= 15 is 0 Å². The Kier molecular flexibility index (Phi) is 3.82. The minimum absolute atomic E-state index is 0.217. The molecule has 1 fully saturated rings. The van der Waals surface area contributed by atoms with Gasteiger partial charge in [-0.3, -0.25) is 4.79 Å². The fourth-order valence-corrected chi connectivity index (χ4v) is 2.46. The monoisotopic (exact) mass is 231 g/mol. The Bertz CT molecular complexity index is 392. The van der Waals surface area contributed by atoms with Crippen molar-refractivity contribution >= 4 is 5.91 Å². The third kappa shape index (κ3) is 2.68. The Morgan fingerprint density at radius 1 is 1.12 bits per heavy atom. The molecule has 0 saturated carbocycles. The summed E-state index contributed by atoms with van der Waals surface area (Å²) in [5, 5.41) is 0. The minimum atomic E-state index is 0.217. The fraction of sp³-hybridized carbons (Fsp3) is 0.533. The van der Waals surface area contributed by atoms with E-state index in [0.717, 1.165) is 31.5 Å². The summed E-state index contributed by atoms with van der Waals surface area (Å²) >= 11 is 0. The normalized spacial score (nSPS) is 16.3. The molecule has 1 saturated heterocycles. The molecule has 1 aromatic carbocycles. The molecule has 1 amide bonds. The number of nitrogens with zero attached hydrogens (tertiary/aromatic N) is 1. The molecule has 1 aliphatic rings. The number of hydrogen-bond acceptors (Lipinski definition) is 1. The van der Waals surface area contributed by atoms with Gasteiger partial charge in [0.2, 0.25) is 0 Å². The highest BCUT2D eigenvalue weighted by Gasteiger charge is 2.20. The Hall–Kier alpha value is -1.31. The maximum Gasteiger partial charge on any atom is 0.254 e. The van der Waals surface area contributed by atoms with Crippen LogP contribution >= 0.6 is 0 Å². The van der Waals surface area contributed by atoms with Gasteiger partial charge in [-0.25, -0.2) is 0 Å². The zero-order chi connectivity index (χ0) is 12.3. The smallest absolute Gasteiger partial charge is 0.254 e. The first kappa shape index (κ1) is 12.2. The second kappa shape index (κ2) is 5.35. The second-order valence-electron chi connectivity index (χ2n) is 5.09. The third-order valence-corrected chi connectivity index (χ3v) is 3.46. The van der Waals surface area contributed by atoms with Gasteiger partial charge < -0.3 is 4.90 Å². The number of benzene rings is 1. The van der Waals surface area contributed by atoms with Gasteiger partial charge in [0.1, 0.15) is 0 Å². The molecule has 0 radical (unpaired) electrons. The van der Waals surface area contributed by atoms with Crippen LogP contribution in [0.1, 0.15) is 54.9 Å². The predicted octanol–water partition coefficient (Wildman–Crippen LogP) is 3.44. The molecule has 0 spiro atoms. The molecule has 0 unspecified atom stereocenters. The second-order valence-corrected chi connectivity index (χ2v) is 5.09. The maximum atomic E-state index is 12.5. The molecule has 0 atom stereocenters. The summed E-state index contributed by atoms with van der Waals surface area (Å²) in [6.07, 6.45) is 3.56. The first-order valence-corrected chi connectivity index (χ1v) is 6.58. The molecule has 0 N–H and O–H groups in total. The predicted molar refractivity (Wildman–Crippen MR) is 70.3 cm³/mol. The lowest BCUT2D eigenvalue weighted by molar-refractivity contribution is 0.0723. The van der Waals surface area contributed by atoms with Crippen molar-refractivity contribution in [1.82, 2.24) is 4.90 Å². The number of piperidine rings is 1. The summed E-state index contributed by atoms with van der Waals surface area (Å²) in [5.74, 6) is 0.619. The van der Waals surface area contributed by atoms with Gasteiger partial charge in [0.05, 0.1) is 0 Å². The molecule has 0 aliphatic carbocycles. The van der Waals surface area contributed by atoms with Gasteiger partial charge in [-0.05, 0) is 36.8 Å². The van der Waals surface area contributed by atoms with Crippen molar-refractivity contribution in [2.45, 2.75) is 39.0 Å². The van der Waals surface area contributed by atoms with Crippen LogP contribution in [0.2, 0.25) is 0 Å². The van der Waals surface area contributed by atoms with Crippen molar-refractivity contribution in [2.24, 2.45) is 0 Å². The Labute approximate surface area is 104 Å². The van der Waals surface area contributed by atoms with E-state index in [1.54, 1.807) is 0 Å². The zero-order valence-corrected chi connectivity index (χ0v) is 10.8. The molecule has 1 aromatic rings. The van der Waals surface area contributed by atoms with Crippen LogP contribution in [0.25, 0.3) is 0 Å². The molecule has 2 nitrogen and oxygen atoms in total. The summed E-state index contributed by atoms with van der Waals surface area (Å²) in [7, 11) is 0. The molecule has 1 aliphatic heterocycles. The van der Waals surface area contributed by atoms with Crippen molar-refractivity contribution in [1.29, 1.82) is 0 Å². The largest absolute Gasteiger partial charge is 0.339 e. The van der Waals surface area contributed by atoms with E-state index in [-0.39, 0.29) is 5.91 Å². The summed E-state index contributed by atoms with van der Waals surface area (Å²) < 4.78 is 0. The first-order chi connectivity index (χ1) is 8.20. The average molecular weight is 231 g/mol. The van der Waals surface area contributed by atoms with Crippen molar-refractivity contribution in [3.8, 4) is 0 Å². The highest BCUT2D eigenvalue weighted by atomic mass is 16.2. The van der Waals surface area contributed by atoms with E-state index < -0.39 is 0 Å². The van der Waals surface area contributed by atoms with Gasteiger partial charge in [-0.2, -0.15) is 0 Å².